The van der Waals surface area contributed by atoms with Gasteiger partial charge < -0.3 is 10.2 Å². The zero-order chi connectivity index (χ0) is 22.8. The Bertz CT molecular complexity index is 1550. The first kappa shape index (κ1) is 20.5. The van der Waals surface area contributed by atoms with Crippen molar-refractivity contribution in [2.75, 3.05) is 0 Å². The number of phenols is 2. The van der Waals surface area contributed by atoms with Crippen LogP contribution in [0.2, 0.25) is 0 Å². The number of aromatic hydroxyl groups is 2. The summed E-state index contributed by atoms with van der Waals surface area (Å²) in [6.45, 7) is 2.03. The van der Waals surface area contributed by atoms with Gasteiger partial charge in [-0.3, -0.25) is 9.98 Å². The maximum Gasteiger partial charge on any atom is 0.116 e. The largest absolute Gasteiger partial charge is 0.508 e. The van der Waals surface area contributed by atoms with E-state index >= 15 is 0 Å². The third kappa shape index (κ3) is 4.60. The highest BCUT2D eigenvalue weighted by atomic mass is 16.3. The summed E-state index contributed by atoms with van der Waals surface area (Å²) in [4.78, 5) is 9.27. The normalized spacial score (nSPS) is 11.8. The molecule has 4 heteroatoms. The van der Waals surface area contributed by atoms with Crippen molar-refractivity contribution in [3.05, 3.63) is 108 Å². The topological polar surface area (TPSA) is 65.2 Å². The molecular weight excluding hydrogens is 408 g/mol. The molecule has 0 aliphatic rings. The minimum Gasteiger partial charge on any atom is -0.508 e. The Morgan fingerprint density at radius 3 is 1.64 bits per heavy atom. The number of fused-ring (bicyclic) bond motifs is 2. The van der Waals surface area contributed by atoms with Gasteiger partial charge in [0.15, 0.2) is 0 Å². The van der Waals surface area contributed by atoms with E-state index in [-0.39, 0.29) is 11.5 Å². The van der Waals surface area contributed by atoms with E-state index in [0.29, 0.717) is 0 Å². The van der Waals surface area contributed by atoms with Gasteiger partial charge in [0.25, 0.3) is 0 Å². The van der Waals surface area contributed by atoms with Crippen LogP contribution in [0, 0.1) is 6.92 Å². The average molecular weight is 431 g/mol. The van der Waals surface area contributed by atoms with E-state index in [1.54, 1.807) is 24.3 Å². The van der Waals surface area contributed by atoms with Crippen LogP contribution in [-0.2, 0) is 0 Å². The van der Waals surface area contributed by atoms with E-state index in [1.165, 1.54) is 0 Å². The number of phenolic OH excluding ortho intramolecular Hbond substituents is 2. The van der Waals surface area contributed by atoms with E-state index in [0.717, 1.165) is 49.6 Å². The van der Waals surface area contributed by atoms with E-state index in [1.807, 2.05) is 74.0 Å². The maximum atomic E-state index is 9.61. The van der Waals surface area contributed by atoms with E-state index in [9.17, 15) is 10.2 Å². The molecule has 5 aromatic rings. The van der Waals surface area contributed by atoms with Crippen LogP contribution in [0.4, 0.5) is 11.4 Å². The molecule has 0 aliphatic heterocycles. The third-order valence-electron chi connectivity index (χ3n) is 5.59. The van der Waals surface area contributed by atoms with Gasteiger partial charge in [-0.25, -0.2) is 0 Å². The van der Waals surface area contributed by atoms with Gasteiger partial charge in [0.1, 0.15) is 11.5 Å². The number of aliphatic imine (C=N–C) groups is 2. The second-order valence-corrected chi connectivity index (χ2v) is 8.07. The van der Waals surface area contributed by atoms with Gasteiger partial charge in [0.2, 0.25) is 0 Å². The number of benzene rings is 5. The van der Waals surface area contributed by atoms with Crippen LogP contribution < -0.4 is 0 Å². The lowest BCUT2D eigenvalue weighted by Gasteiger charge is -2.03. The summed E-state index contributed by atoms with van der Waals surface area (Å²) in [5.74, 6) is 0.534. The average Bonchev–Trinajstić information content (AvgIpc) is 2.82. The summed E-state index contributed by atoms with van der Waals surface area (Å²) in [5, 5.41) is 23.3. The summed E-state index contributed by atoms with van der Waals surface area (Å²) < 4.78 is 0. The molecule has 4 nitrogen and oxygen atoms in total. The Balaban J connectivity index is 1.34. The van der Waals surface area contributed by atoms with Gasteiger partial charge in [0, 0.05) is 12.4 Å². The number of hydrogen-bond acceptors (Lipinski definition) is 4. The molecule has 33 heavy (non-hydrogen) atoms. The Morgan fingerprint density at radius 2 is 1.06 bits per heavy atom. The Kier molecular flexibility index (Phi) is 5.33. The van der Waals surface area contributed by atoms with Crippen molar-refractivity contribution in [3.63, 3.8) is 0 Å². The monoisotopic (exact) mass is 430 g/mol. The molecule has 0 aliphatic carbocycles. The zero-order valence-corrected chi connectivity index (χ0v) is 18.1. The van der Waals surface area contributed by atoms with Crippen molar-refractivity contribution in [3.8, 4) is 11.5 Å². The number of hydrogen-bond donors (Lipinski definition) is 2. The highest BCUT2D eigenvalue weighted by Gasteiger charge is 2.01. The molecule has 0 aromatic heterocycles. The minimum absolute atomic E-state index is 0.267. The first-order chi connectivity index (χ1) is 16.0. The molecule has 0 atom stereocenters. The summed E-state index contributed by atoms with van der Waals surface area (Å²) in [6.07, 6.45) is 3.70. The Hall–Kier alpha value is -4.44. The highest BCUT2D eigenvalue weighted by molar-refractivity contribution is 5.93. The first-order valence-electron chi connectivity index (χ1n) is 10.7. The van der Waals surface area contributed by atoms with Crippen LogP contribution in [0.1, 0.15) is 16.7 Å². The Labute approximate surface area is 191 Å². The summed E-state index contributed by atoms with van der Waals surface area (Å²) in [5.41, 5.74) is 4.80. The molecule has 0 amide bonds. The van der Waals surface area contributed by atoms with Crippen LogP contribution in [0.5, 0.6) is 11.5 Å². The quantitative estimate of drug-likeness (QED) is 0.296. The van der Waals surface area contributed by atoms with Crippen molar-refractivity contribution in [2.24, 2.45) is 9.98 Å². The molecule has 0 saturated carbocycles. The van der Waals surface area contributed by atoms with E-state index < -0.39 is 0 Å². The van der Waals surface area contributed by atoms with Gasteiger partial charge in [-0.15, -0.1) is 0 Å². The Morgan fingerprint density at radius 1 is 0.545 bits per heavy atom. The number of nitrogens with zero attached hydrogens (tertiary/aromatic N) is 2. The predicted octanol–water partition coefficient (Wildman–Crippen LogP) is 7.21. The van der Waals surface area contributed by atoms with E-state index in [4.69, 9.17) is 0 Å². The summed E-state index contributed by atoms with van der Waals surface area (Å²) in [7, 11) is 0. The predicted molar refractivity (Wildman–Crippen MR) is 137 cm³/mol. The molecule has 2 N–H and O–H groups in total. The lowest BCUT2D eigenvalue weighted by molar-refractivity contribution is 0.475. The zero-order valence-electron chi connectivity index (χ0n) is 18.1. The van der Waals surface area contributed by atoms with Crippen LogP contribution in [-0.4, -0.2) is 22.6 Å². The fourth-order valence-corrected chi connectivity index (χ4v) is 3.82. The van der Waals surface area contributed by atoms with Gasteiger partial charge in [-0.05, 0) is 99.8 Å². The molecule has 160 valence electrons. The summed E-state index contributed by atoms with van der Waals surface area (Å²) >= 11 is 0. The van der Waals surface area contributed by atoms with Crippen molar-refractivity contribution < 1.29 is 10.2 Å². The van der Waals surface area contributed by atoms with Gasteiger partial charge in [-0.2, -0.15) is 0 Å². The fourth-order valence-electron chi connectivity index (χ4n) is 3.82. The third-order valence-corrected chi connectivity index (χ3v) is 5.59. The SMILES string of the molecule is Cc1cc(N=Cc2ccc3cc(O)ccc3c2)ccc1N=Cc1ccc2cc(O)ccc2c1. The van der Waals surface area contributed by atoms with Gasteiger partial charge >= 0.3 is 0 Å². The standard InChI is InChI=1S/C29H22N2O2/c1-19-12-26(30-17-20-2-4-24-15-27(32)9-6-22(24)13-20)8-11-29(19)31-18-21-3-5-25-16-28(33)10-7-23(25)14-21/h2-18,32-33H,1H3. The second kappa shape index (κ2) is 8.60. The minimum atomic E-state index is 0.267. The maximum absolute atomic E-state index is 9.61. The van der Waals surface area contributed by atoms with Crippen molar-refractivity contribution in [2.45, 2.75) is 6.92 Å². The lowest BCUT2D eigenvalue weighted by Crippen LogP contribution is -1.83. The van der Waals surface area contributed by atoms with Crippen molar-refractivity contribution in [1.82, 2.24) is 0 Å². The van der Waals surface area contributed by atoms with Crippen LogP contribution >= 0.6 is 0 Å². The van der Waals surface area contributed by atoms with Crippen LogP contribution in [0.15, 0.2) is 101 Å². The van der Waals surface area contributed by atoms with Crippen molar-refractivity contribution in [1.29, 1.82) is 0 Å². The molecule has 0 radical (unpaired) electrons. The molecule has 0 fully saturated rings. The molecule has 0 saturated heterocycles. The fraction of sp³-hybridized carbons (Fsp3) is 0.0345. The van der Waals surface area contributed by atoms with E-state index in [2.05, 4.69) is 22.1 Å². The van der Waals surface area contributed by atoms with Crippen LogP contribution in [0.25, 0.3) is 21.5 Å². The molecule has 0 heterocycles. The molecule has 5 rings (SSSR count). The number of rotatable bonds is 4. The first-order valence-corrected chi connectivity index (χ1v) is 10.7. The van der Waals surface area contributed by atoms with Crippen LogP contribution in [0.3, 0.4) is 0 Å². The highest BCUT2D eigenvalue weighted by Crippen LogP contribution is 2.26. The van der Waals surface area contributed by atoms with Gasteiger partial charge in [-0.1, -0.05) is 36.4 Å². The molecule has 5 aromatic carbocycles. The smallest absolute Gasteiger partial charge is 0.116 e. The molecule has 0 unspecified atom stereocenters. The molecular formula is C29H22N2O2. The summed E-state index contributed by atoms with van der Waals surface area (Å²) in [6, 6.07) is 28.7. The van der Waals surface area contributed by atoms with Gasteiger partial charge in [0.05, 0.1) is 11.4 Å². The van der Waals surface area contributed by atoms with Crippen molar-refractivity contribution >= 4 is 45.3 Å². The lowest BCUT2D eigenvalue weighted by atomic mass is 10.1. The molecule has 0 bridgehead atoms. The second-order valence-electron chi connectivity index (χ2n) is 8.07. The number of aryl methyl sites for hydroxylation is 1. The molecule has 0 spiro atoms.